The van der Waals surface area contributed by atoms with Gasteiger partial charge >= 0.3 is 0 Å². The lowest BCUT2D eigenvalue weighted by atomic mass is 10.2. The molecule has 0 aliphatic carbocycles. The van der Waals surface area contributed by atoms with Crippen LogP contribution in [0.15, 0.2) is 42.7 Å². The van der Waals surface area contributed by atoms with Crippen LogP contribution in [0.1, 0.15) is 15.9 Å². The molecule has 1 N–H and O–H groups in total. The first-order valence-electron chi connectivity index (χ1n) is 5.19. The standard InChI is InChI=1S/C12H10ClN3O2/c13-12-14-6-10(7-15-12)11(17)16-18-8-9-4-2-1-3-5-9/h1-7H,8H2,(H,16,17). The van der Waals surface area contributed by atoms with Crippen LogP contribution in [0.5, 0.6) is 0 Å². The fraction of sp³-hybridized carbons (Fsp3) is 0.0833. The third kappa shape index (κ3) is 3.51. The minimum absolute atomic E-state index is 0.0942. The van der Waals surface area contributed by atoms with Gasteiger partial charge in [-0.2, -0.15) is 0 Å². The Bertz CT molecular complexity index is 517. The minimum atomic E-state index is -0.414. The summed E-state index contributed by atoms with van der Waals surface area (Å²) < 4.78 is 0. The van der Waals surface area contributed by atoms with E-state index in [0.29, 0.717) is 6.61 Å². The lowest BCUT2D eigenvalue weighted by molar-refractivity contribution is 0.0233. The summed E-state index contributed by atoms with van der Waals surface area (Å²) in [5.74, 6) is -0.414. The van der Waals surface area contributed by atoms with Crippen LogP contribution in [0.2, 0.25) is 5.28 Å². The Labute approximate surface area is 109 Å². The zero-order valence-corrected chi connectivity index (χ0v) is 10.1. The van der Waals surface area contributed by atoms with E-state index in [-0.39, 0.29) is 10.8 Å². The van der Waals surface area contributed by atoms with E-state index in [1.807, 2.05) is 30.3 Å². The Kier molecular flexibility index (Phi) is 4.22. The largest absolute Gasteiger partial charge is 0.277 e. The lowest BCUT2D eigenvalue weighted by Gasteiger charge is -2.05. The Morgan fingerprint density at radius 3 is 2.56 bits per heavy atom. The number of carbonyl (C=O) groups is 1. The number of nitrogens with one attached hydrogen (secondary N) is 1. The number of carbonyl (C=O) groups excluding carboxylic acids is 1. The predicted molar refractivity (Wildman–Crippen MR) is 65.7 cm³/mol. The second-order valence-corrected chi connectivity index (χ2v) is 3.78. The maximum Gasteiger partial charge on any atom is 0.277 e. The molecule has 0 saturated heterocycles. The molecule has 0 atom stereocenters. The number of rotatable bonds is 4. The number of nitrogens with zero attached hydrogens (tertiary/aromatic N) is 2. The summed E-state index contributed by atoms with van der Waals surface area (Å²) in [6, 6.07) is 9.50. The molecule has 0 fully saturated rings. The van der Waals surface area contributed by atoms with E-state index in [2.05, 4.69) is 15.4 Å². The van der Waals surface area contributed by atoms with Crippen LogP contribution in [-0.4, -0.2) is 15.9 Å². The van der Waals surface area contributed by atoms with Crippen molar-refractivity contribution < 1.29 is 9.63 Å². The number of hydrogen-bond donors (Lipinski definition) is 1. The van der Waals surface area contributed by atoms with Gasteiger partial charge in [0.15, 0.2) is 0 Å². The molecule has 1 amide bonds. The molecule has 0 bridgehead atoms. The van der Waals surface area contributed by atoms with Crippen molar-refractivity contribution >= 4 is 17.5 Å². The van der Waals surface area contributed by atoms with Gasteiger partial charge in [-0.05, 0) is 17.2 Å². The maximum absolute atomic E-state index is 11.6. The third-order valence-electron chi connectivity index (χ3n) is 2.13. The first-order valence-corrected chi connectivity index (χ1v) is 5.57. The molecular formula is C12H10ClN3O2. The average molecular weight is 264 g/mol. The highest BCUT2D eigenvalue weighted by molar-refractivity contribution is 6.28. The van der Waals surface area contributed by atoms with Crippen molar-refractivity contribution in [2.45, 2.75) is 6.61 Å². The summed E-state index contributed by atoms with van der Waals surface area (Å²) in [6.45, 7) is 0.293. The van der Waals surface area contributed by atoms with Gasteiger partial charge in [0.1, 0.15) is 0 Å². The molecule has 0 radical (unpaired) electrons. The van der Waals surface area contributed by atoms with Gasteiger partial charge in [0.25, 0.3) is 5.91 Å². The highest BCUT2D eigenvalue weighted by Crippen LogP contribution is 2.02. The molecular weight excluding hydrogens is 254 g/mol. The van der Waals surface area contributed by atoms with Crippen LogP contribution >= 0.6 is 11.6 Å². The van der Waals surface area contributed by atoms with E-state index < -0.39 is 5.91 Å². The van der Waals surface area contributed by atoms with Crippen molar-refractivity contribution in [3.05, 3.63) is 59.1 Å². The predicted octanol–water partition coefficient (Wildman–Crippen LogP) is 1.99. The van der Waals surface area contributed by atoms with Crippen molar-refractivity contribution in [1.29, 1.82) is 0 Å². The normalized spacial score (nSPS) is 10.1. The third-order valence-corrected chi connectivity index (χ3v) is 2.32. The molecule has 0 aliphatic rings. The van der Waals surface area contributed by atoms with Crippen LogP contribution in [0, 0.1) is 0 Å². The number of hydrogen-bond acceptors (Lipinski definition) is 4. The van der Waals surface area contributed by atoms with E-state index in [1.165, 1.54) is 12.4 Å². The van der Waals surface area contributed by atoms with Gasteiger partial charge in [-0.15, -0.1) is 0 Å². The summed E-state index contributed by atoms with van der Waals surface area (Å²) in [7, 11) is 0. The second-order valence-electron chi connectivity index (χ2n) is 3.45. The van der Waals surface area contributed by atoms with Gasteiger partial charge < -0.3 is 0 Å². The molecule has 2 rings (SSSR count). The summed E-state index contributed by atoms with van der Waals surface area (Å²) in [5, 5.41) is 0.0942. The highest BCUT2D eigenvalue weighted by Gasteiger charge is 2.06. The SMILES string of the molecule is O=C(NOCc1ccccc1)c1cnc(Cl)nc1. The maximum atomic E-state index is 11.6. The van der Waals surface area contributed by atoms with Crippen molar-refractivity contribution in [2.24, 2.45) is 0 Å². The molecule has 0 unspecified atom stereocenters. The number of halogens is 1. The summed E-state index contributed by atoms with van der Waals surface area (Å²) in [5.41, 5.74) is 3.55. The van der Waals surface area contributed by atoms with Gasteiger partial charge in [-0.3, -0.25) is 9.63 Å². The molecule has 92 valence electrons. The van der Waals surface area contributed by atoms with E-state index >= 15 is 0 Å². The zero-order chi connectivity index (χ0) is 12.8. The Balaban J connectivity index is 1.84. The number of hydroxylamine groups is 1. The molecule has 1 aromatic carbocycles. The monoisotopic (exact) mass is 263 g/mol. The molecule has 0 spiro atoms. The Morgan fingerprint density at radius 2 is 1.89 bits per heavy atom. The van der Waals surface area contributed by atoms with Crippen molar-refractivity contribution in [3.8, 4) is 0 Å². The lowest BCUT2D eigenvalue weighted by Crippen LogP contribution is -2.23. The highest BCUT2D eigenvalue weighted by atomic mass is 35.5. The van der Waals surface area contributed by atoms with Gasteiger partial charge in [-0.1, -0.05) is 30.3 Å². The molecule has 5 nitrogen and oxygen atoms in total. The Hall–Kier alpha value is -1.98. The van der Waals surface area contributed by atoms with E-state index in [9.17, 15) is 4.79 Å². The molecule has 1 heterocycles. The van der Waals surface area contributed by atoms with Gasteiger partial charge in [-0.25, -0.2) is 15.4 Å². The number of amides is 1. The van der Waals surface area contributed by atoms with Crippen LogP contribution in [0.25, 0.3) is 0 Å². The molecule has 0 aliphatic heterocycles. The van der Waals surface area contributed by atoms with Crippen molar-refractivity contribution in [3.63, 3.8) is 0 Å². The first kappa shape index (κ1) is 12.5. The fourth-order valence-electron chi connectivity index (χ4n) is 1.25. The average Bonchev–Trinajstić information content (AvgIpc) is 2.40. The smallest absolute Gasteiger partial charge is 0.269 e. The van der Waals surface area contributed by atoms with Crippen LogP contribution in [0.3, 0.4) is 0 Å². The summed E-state index contributed by atoms with van der Waals surface area (Å²) in [4.78, 5) is 24.1. The minimum Gasteiger partial charge on any atom is -0.269 e. The van der Waals surface area contributed by atoms with E-state index in [1.54, 1.807) is 0 Å². The number of aromatic nitrogens is 2. The van der Waals surface area contributed by atoms with E-state index in [4.69, 9.17) is 16.4 Å². The van der Waals surface area contributed by atoms with Crippen LogP contribution in [0.4, 0.5) is 0 Å². The van der Waals surface area contributed by atoms with Crippen molar-refractivity contribution in [2.75, 3.05) is 0 Å². The van der Waals surface area contributed by atoms with E-state index in [0.717, 1.165) is 5.56 Å². The summed E-state index contributed by atoms with van der Waals surface area (Å²) >= 11 is 5.52. The molecule has 6 heteroatoms. The zero-order valence-electron chi connectivity index (χ0n) is 9.34. The summed E-state index contributed by atoms with van der Waals surface area (Å²) in [6.07, 6.45) is 2.66. The molecule has 2 aromatic rings. The topological polar surface area (TPSA) is 64.1 Å². The quantitative estimate of drug-likeness (QED) is 0.677. The second kappa shape index (κ2) is 6.09. The molecule has 1 aromatic heterocycles. The van der Waals surface area contributed by atoms with Gasteiger partial charge in [0.2, 0.25) is 5.28 Å². The van der Waals surface area contributed by atoms with Crippen LogP contribution < -0.4 is 5.48 Å². The van der Waals surface area contributed by atoms with Crippen LogP contribution in [-0.2, 0) is 11.4 Å². The van der Waals surface area contributed by atoms with Crippen molar-refractivity contribution in [1.82, 2.24) is 15.4 Å². The number of benzene rings is 1. The van der Waals surface area contributed by atoms with Gasteiger partial charge in [0, 0.05) is 12.4 Å². The fourth-order valence-corrected chi connectivity index (χ4v) is 1.35. The van der Waals surface area contributed by atoms with Gasteiger partial charge in [0.05, 0.1) is 12.2 Å². The molecule has 0 saturated carbocycles. The Morgan fingerprint density at radius 1 is 1.22 bits per heavy atom. The molecule has 18 heavy (non-hydrogen) atoms. The first-order chi connectivity index (χ1) is 8.75.